The van der Waals surface area contributed by atoms with Gasteiger partial charge in [-0.1, -0.05) is 36.4 Å². The molecule has 1 amide bonds. The molecule has 0 fully saturated rings. The minimum atomic E-state index is -1.10. The molecule has 2 aromatic carbocycles. The Balaban J connectivity index is 1.76. The van der Waals surface area contributed by atoms with Crippen LogP contribution in [0.2, 0.25) is 0 Å². The molecule has 7 heteroatoms. The minimum absolute atomic E-state index is 0.463. The van der Waals surface area contributed by atoms with E-state index in [0.717, 1.165) is 0 Å². The van der Waals surface area contributed by atoms with Crippen molar-refractivity contribution in [2.75, 3.05) is 12.4 Å². The quantitative estimate of drug-likeness (QED) is 0.482. The number of hydrogen-bond acceptors (Lipinski definition) is 6. The number of carbonyl (C=O) groups excluding carboxylic acids is 2. The Morgan fingerprint density at radius 2 is 1.96 bits per heavy atom. The number of carbonyl (C=O) groups is 2. The summed E-state index contributed by atoms with van der Waals surface area (Å²) in [5.74, 6) is -0.488. The number of nitrogens with zero attached hydrogens (tertiary/aromatic N) is 1. The summed E-state index contributed by atoms with van der Waals surface area (Å²) in [5.41, 5.74) is 1.11. The number of esters is 1. The van der Waals surface area contributed by atoms with Crippen LogP contribution in [0.25, 0.3) is 6.08 Å². The van der Waals surface area contributed by atoms with E-state index in [1.807, 2.05) is 6.07 Å². The summed E-state index contributed by atoms with van der Waals surface area (Å²) >= 11 is 1.39. The molecule has 0 radical (unpaired) electrons. The molecular formula is C21H18N2O4S. The highest BCUT2D eigenvalue weighted by Gasteiger charge is 2.24. The van der Waals surface area contributed by atoms with Gasteiger partial charge in [-0.2, -0.15) is 0 Å². The first-order valence-electron chi connectivity index (χ1n) is 8.44. The first kappa shape index (κ1) is 19.3. The number of amides is 1. The summed E-state index contributed by atoms with van der Waals surface area (Å²) in [5, 5.41) is 5.24. The maximum absolute atomic E-state index is 12.8. The van der Waals surface area contributed by atoms with Gasteiger partial charge in [0.2, 0.25) is 6.10 Å². The normalized spacial score (nSPS) is 11.8. The number of rotatable bonds is 7. The number of methoxy groups -OCH3 is 1. The van der Waals surface area contributed by atoms with Crippen LogP contribution in [0.15, 0.2) is 72.3 Å². The molecule has 1 unspecified atom stereocenters. The second kappa shape index (κ2) is 9.48. The van der Waals surface area contributed by atoms with Crippen LogP contribution in [-0.4, -0.2) is 24.0 Å². The highest BCUT2D eigenvalue weighted by Crippen LogP contribution is 2.22. The number of nitrogens with one attached hydrogen (secondary N) is 1. The summed E-state index contributed by atoms with van der Waals surface area (Å²) in [7, 11) is 1.55. The third-order valence-corrected chi connectivity index (χ3v) is 4.47. The maximum atomic E-state index is 12.8. The first-order chi connectivity index (χ1) is 13.7. The van der Waals surface area contributed by atoms with Crippen LogP contribution in [0.4, 0.5) is 5.69 Å². The number of ether oxygens (including phenoxy) is 2. The Morgan fingerprint density at radius 3 is 2.68 bits per heavy atom. The predicted octanol–water partition coefficient (Wildman–Crippen LogP) is 4.09. The second-order valence-electron chi connectivity index (χ2n) is 5.65. The summed E-state index contributed by atoms with van der Waals surface area (Å²) < 4.78 is 10.6. The summed E-state index contributed by atoms with van der Waals surface area (Å²) in [4.78, 5) is 29.1. The largest absolute Gasteiger partial charge is 0.497 e. The van der Waals surface area contributed by atoms with Gasteiger partial charge in [-0.25, -0.2) is 9.78 Å². The molecule has 0 saturated carbocycles. The van der Waals surface area contributed by atoms with E-state index in [4.69, 9.17) is 9.47 Å². The minimum Gasteiger partial charge on any atom is -0.497 e. The van der Waals surface area contributed by atoms with Crippen LogP contribution in [-0.2, 0) is 14.3 Å². The average Bonchev–Trinajstić information content (AvgIpc) is 3.25. The molecular weight excluding hydrogens is 376 g/mol. The number of aromatic nitrogens is 1. The Labute approximate surface area is 166 Å². The fraction of sp³-hybridized carbons (Fsp3) is 0.0952. The lowest BCUT2D eigenvalue weighted by Gasteiger charge is -2.17. The van der Waals surface area contributed by atoms with Gasteiger partial charge in [0.05, 0.1) is 7.11 Å². The van der Waals surface area contributed by atoms with Gasteiger partial charge < -0.3 is 14.8 Å². The van der Waals surface area contributed by atoms with Crippen LogP contribution < -0.4 is 10.1 Å². The van der Waals surface area contributed by atoms with Gasteiger partial charge in [0, 0.05) is 35.0 Å². The second-order valence-corrected chi connectivity index (χ2v) is 6.58. The van der Waals surface area contributed by atoms with Gasteiger partial charge in [0.25, 0.3) is 5.91 Å². The zero-order valence-corrected chi connectivity index (χ0v) is 15.9. The van der Waals surface area contributed by atoms with E-state index in [1.165, 1.54) is 17.4 Å². The van der Waals surface area contributed by atoms with Crippen molar-refractivity contribution in [3.8, 4) is 5.75 Å². The van der Waals surface area contributed by atoms with E-state index in [9.17, 15) is 9.59 Å². The van der Waals surface area contributed by atoms with Crippen molar-refractivity contribution in [1.82, 2.24) is 4.98 Å². The lowest BCUT2D eigenvalue weighted by Crippen LogP contribution is -2.25. The van der Waals surface area contributed by atoms with Crippen molar-refractivity contribution in [3.05, 3.63) is 82.8 Å². The van der Waals surface area contributed by atoms with Gasteiger partial charge in [-0.05, 0) is 18.2 Å². The molecule has 3 aromatic rings. The van der Waals surface area contributed by atoms with Crippen molar-refractivity contribution in [2.24, 2.45) is 0 Å². The lowest BCUT2D eigenvalue weighted by molar-refractivity contribution is -0.149. The van der Waals surface area contributed by atoms with Gasteiger partial charge in [-0.15, -0.1) is 11.3 Å². The highest BCUT2D eigenvalue weighted by atomic mass is 32.1. The van der Waals surface area contributed by atoms with Crippen LogP contribution in [0, 0.1) is 0 Å². The van der Waals surface area contributed by atoms with Gasteiger partial charge in [-0.3, -0.25) is 4.79 Å². The molecule has 0 aliphatic carbocycles. The van der Waals surface area contributed by atoms with Crippen LogP contribution in [0.3, 0.4) is 0 Å². The van der Waals surface area contributed by atoms with E-state index >= 15 is 0 Å². The first-order valence-corrected chi connectivity index (χ1v) is 9.32. The third kappa shape index (κ3) is 5.28. The van der Waals surface area contributed by atoms with Gasteiger partial charge in [0.1, 0.15) is 10.8 Å². The Bertz CT molecular complexity index is 956. The topological polar surface area (TPSA) is 77.5 Å². The molecule has 0 spiro atoms. The molecule has 0 aliphatic rings. The molecule has 0 bridgehead atoms. The maximum Gasteiger partial charge on any atom is 0.331 e. The lowest BCUT2D eigenvalue weighted by atomic mass is 10.1. The van der Waals surface area contributed by atoms with Crippen molar-refractivity contribution < 1.29 is 19.1 Å². The van der Waals surface area contributed by atoms with Gasteiger partial charge in [0.15, 0.2) is 0 Å². The molecule has 6 nitrogen and oxygen atoms in total. The van der Waals surface area contributed by atoms with Gasteiger partial charge >= 0.3 is 5.97 Å². The number of benzene rings is 2. The molecule has 0 aliphatic heterocycles. The zero-order chi connectivity index (χ0) is 19.8. The Kier molecular flexibility index (Phi) is 6.54. The van der Waals surface area contributed by atoms with E-state index in [0.29, 0.717) is 22.0 Å². The fourth-order valence-corrected chi connectivity index (χ4v) is 2.95. The average molecular weight is 394 g/mol. The number of anilines is 1. The Hall–Kier alpha value is -3.45. The molecule has 1 aromatic heterocycles. The van der Waals surface area contributed by atoms with Crippen LogP contribution in [0.1, 0.15) is 16.7 Å². The van der Waals surface area contributed by atoms with E-state index in [2.05, 4.69) is 10.3 Å². The van der Waals surface area contributed by atoms with Crippen molar-refractivity contribution in [1.29, 1.82) is 0 Å². The SMILES string of the molecule is COc1cccc(NC(=O)C(OC(=O)C=Cc2nccs2)c2ccccc2)c1. The number of thiazole rings is 1. The molecule has 0 saturated heterocycles. The monoisotopic (exact) mass is 394 g/mol. The predicted molar refractivity (Wildman–Crippen MR) is 108 cm³/mol. The van der Waals surface area contributed by atoms with Crippen LogP contribution >= 0.6 is 11.3 Å². The fourth-order valence-electron chi connectivity index (χ4n) is 2.42. The molecule has 1 N–H and O–H groups in total. The van der Waals surface area contributed by atoms with E-state index < -0.39 is 18.0 Å². The summed E-state index contributed by atoms with van der Waals surface area (Å²) in [6.45, 7) is 0. The summed E-state index contributed by atoms with van der Waals surface area (Å²) in [6, 6.07) is 15.8. The molecule has 142 valence electrons. The third-order valence-electron chi connectivity index (χ3n) is 3.73. The molecule has 1 atom stereocenters. The molecule has 3 rings (SSSR count). The van der Waals surface area contributed by atoms with Crippen molar-refractivity contribution in [2.45, 2.75) is 6.10 Å². The van der Waals surface area contributed by atoms with E-state index in [-0.39, 0.29) is 0 Å². The van der Waals surface area contributed by atoms with Crippen LogP contribution in [0.5, 0.6) is 5.75 Å². The smallest absolute Gasteiger partial charge is 0.331 e. The highest BCUT2D eigenvalue weighted by molar-refractivity contribution is 7.10. The molecule has 1 heterocycles. The van der Waals surface area contributed by atoms with Crippen molar-refractivity contribution >= 4 is 35.0 Å². The standard InChI is InChI=1S/C21H18N2O4S/c1-26-17-9-5-8-16(14-17)23-21(25)20(15-6-3-2-4-7-15)27-19(24)11-10-18-22-12-13-28-18/h2-14,20H,1H3,(H,23,25). The zero-order valence-electron chi connectivity index (χ0n) is 15.1. The molecule has 28 heavy (non-hydrogen) atoms. The number of hydrogen-bond donors (Lipinski definition) is 1. The van der Waals surface area contributed by atoms with Crippen molar-refractivity contribution in [3.63, 3.8) is 0 Å². The Morgan fingerprint density at radius 1 is 1.14 bits per heavy atom. The van der Waals surface area contributed by atoms with E-state index in [1.54, 1.807) is 73.3 Å². The summed E-state index contributed by atoms with van der Waals surface area (Å²) in [6.07, 6.45) is 3.35.